The lowest BCUT2D eigenvalue weighted by Gasteiger charge is -2.30. The standard InChI is InChI=1S/C26H35FN4O4/c1-3-35-25(34)17-23(20-9-11-24(33)22(27)16-20)31(18-32)15-14-30(2)13-5-7-21-10-8-19-6-4-12-28-26(19)29-21/h8-11,16,18,23,33H,3-7,12-15,17H2,1-2H3,(H,28,29). The highest BCUT2D eigenvalue weighted by molar-refractivity contribution is 5.71. The van der Waals surface area contributed by atoms with Crippen molar-refractivity contribution in [2.24, 2.45) is 0 Å². The molecular weight excluding hydrogens is 451 g/mol. The number of carbonyl (C=O) groups excluding carboxylic acids is 2. The van der Waals surface area contributed by atoms with Crippen LogP contribution in [0.5, 0.6) is 5.75 Å². The van der Waals surface area contributed by atoms with Crippen LogP contribution in [0.4, 0.5) is 10.2 Å². The number of esters is 1. The molecule has 190 valence electrons. The number of aromatic hydroxyl groups is 1. The molecule has 0 bridgehead atoms. The van der Waals surface area contributed by atoms with E-state index in [2.05, 4.69) is 22.3 Å². The maximum Gasteiger partial charge on any atom is 0.308 e. The Bertz CT molecular complexity index is 1000. The fraction of sp³-hybridized carbons (Fsp3) is 0.500. The number of phenols is 1. The average molecular weight is 487 g/mol. The molecule has 1 atom stereocenters. The van der Waals surface area contributed by atoms with E-state index in [0.29, 0.717) is 25.1 Å². The Kier molecular flexibility index (Phi) is 9.84. The third kappa shape index (κ3) is 7.65. The van der Waals surface area contributed by atoms with Crippen LogP contribution < -0.4 is 5.32 Å². The van der Waals surface area contributed by atoms with Crippen LogP contribution in [0.15, 0.2) is 30.3 Å². The highest BCUT2D eigenvalue weighted by Gasteiger charge is 2.24. The van der Waals surface area contributed by atoms with E-state index in [0.717, 1.165) is 56.4 Å². The minimum atomic E-state index is -0.801. The second-order valence-electron chi connectivity index (χ2n) is 8.83. The minimum absolute atomic E-state index is 0.0987. The first kappa shape index (κ1) is 26.4. The second-order valence-corrected chi connectivity index (χ2v) is 8.83. The van der Waals surface area contributed by atoms with E-state index < -0.39 is 23.6 Å². The largest absolute Gasteiger partial charge is 0.505 e. The van der Waals surface area contributed by atoms with E-state index in [1.54, 1.807) is 6.92 Å². The van der Waals surface area contributed by atoms with Gasteiger partial charge in [0, 0.05) is 25.3 Å². The molecule has 1 unspecified atom stereocenters. The van der Waals surface area contributed by atoms with Gasteiger partial charge < -0.3 is 25.0 Å². The summed E-state index contributed by atoms with van der Waals surface area (Å²) in [5.41, 5.74) is 2.76. The lowest BCUT2D eigenvalue weighted by molar-refractivity contribution is -0.145. The number of hydrogen-bond acceptors (Lipinski definition) is 7. The number of anilines is 1. The molecule has 2 N–H and O–H groups in total. The number of aryl methyl sites for hydroxylation is 2. The summed E-state index contributed by atoms with van der Waals surface area (Å²) in [5.74, 6) is -0.754. The van der Waals surface area contributed by atoms with Crippen LogP contribution in [0.25, 0.3) is 0 Å². The summed E-state index contributed by atoms with van der Waals surface area (Å²) in [7, 11) is 1.98. The quantitative estimate of drug-likeness (QED) is 0.331. The summed E-state index contributed by atoms with van der Waals surface area (Å²) in [4.78, 5) is 32.4. The Labute approximate surface area is 206 Å². The molecule has 0 aliphatic carbocycles. The first-order chi connectivity index (χ1) is 16.9. The first-order valence-electron chi connectivity index (χ1n) is 12.2. The molecule has 9 heteroatoms. The van der Waals surface area contributed by atoms with Gasteiger partial charge in [-0.25, -0.2) is 9.37 Å². The molecule has 35 heavy (non-hydrogen) atoms. The van der Waals surface area contributed by atoms with Crippen LogP contribution >= 0.6 is 0 Å². The number of rotatable bonds is 13. The van der Waals surface area contributed by atoms with Gasteiger partial charge in [0.25, 0.3) is 0 Å². The number of fused-ring (bicyclic) bond motifs is 1. The Morgan fingerprint density at radius 1 is 1.29 bits per heavy atom. The van der Waals surface area contributed by atoms with Gasteiger partial charge in [0.05, 0.1) is 19.1 Å². The van der Waals surface area contributed by atoms with Crippen molar-refractivity contribution in [2.45, 2.75) is 45.1 Å². The Balaban J connectivity index is 1.55. The van der Waals surface area contributed by atoms with Crippen molar-refractivity contribution in [1.82, 2.24) is 14.8 Å². The van der Waals surface area contributed by atoms with Crippen LogP contribution in [-0.4, -0.2) is 72.1 Å². The Morgan fingerprint density at radius 2 is 2.11 bits per heavy atom. The normalized spacial score (nSPS) is 13.6. The number of hydrogen-bond donors (Lipinski definition) is 2. The van der Waals surface area contributed by atoms with Crippen LogP contribution in [0.3, 0.4) is 0 Å². The van der Waals surface area contributed by atoms with Crippen molar-refractivity contribution in [2.75, 3.05) is 45.2 Å². The van der Waals surface area contributed by atoms with Gasteiger partial charge in [-0.1, -0.05) is 12.1 Å². The molecule has 1 aromatic carbocycles. The number of amides is 1. The van der Waals surface area contributed by atoms with Crippen molar-refractivity contribution in [1.29, 1.82) is 0 Å². The fourth-order valence-corrected chi connectivity index (χ4v) is 4.25. The molecule has 0 radical (unpaired) electrons. The molecule has 0 saturated carbocycles. The maximum atomic E-state index is 14.0. The van der Waals surface area contributed by atoms with Gasteiger partial charge in [0.2, 0.25) is 6.41 Å². The van der Waals surface area contributed by atoms with Crippen molar-refractivity contribution < 1.29 is 23.8 Å². The molecule has 2 aromatic rings. The van der Waals surface area contributed by atoms with Crippen LogP contribution in [0.1, 0.15) is 49.0 Å². The highest BCUT2D eigenvalue weighted by Crippen LogP contribution is 2.27. The number of likely N-dealkylation sites (N-methyl/N-ethyl adjacent to an activating group) is 1. The zero-order valence-corrected chi connectivity index (χ0v) is 20.5. The van der Waals surface area contributed by atoms with Gasteiger partial charge in [-0.2, -0.15) is 0 Å². The maximum absolute atomic E-state index is 14.0. The zero-order chi connectivity index (χ0) is 25.2. The SMILES string of the molecule is CCOC(=O)CC(c1ccc(O)c(F)c1)N(C=O)CCN(C)CCCc1ccc2c(n1)NCCC2. The summed E-state index contributed by atoms with van der Waals surface area (Å²) < 4.78 is 19.0. The zero-order valence-electron chi connectivity index (χ0n) is 20.5. The van der Waals surface area contributed by atoms with E-state index >= 15 is 0 Å². The molecule has 1 aliphatic heterocycles. The molecule has 0 saturated heterocycles. The molecule has 1 aliphatic rings. The Hall–Kier alpha value is -3.20. The predicted molar refractivity (Wildman–Crippen MR) is 132 cm³/mol. The van der Waals surface area contributed by atoms with Gasteiger partial charge in [0.15, 0.2) is 11.6 Å². The van der Waals surface area contributed by atoms with Gasteiger partial charge >= 0.3 is 5.97 Å². The third-order valence-electron chi connectivity index (χ3n) is 6.22. The number of pyridine rings is 1. The number of halogens is 1. The van der Waals surface area contributed by atoms with Crippen LogP contribution in [0, 0.1) is 5.82 Å². The van der Waals surface area contributed by atoms with E-state index in [4.69, 9.17) is 9.72 Å². The number of aromatic nitrogens is 1. The summed E-state index contributed by atoms with van der Waals surface area (Å²) in [6, 6.07) is 7.45. The summed E-state index contributed by atoms with van der Waals surface area (Å²) in [6.07, 6.45) is 4.55. The van der Waals surface area contributed by atoms with E-state index in [-0.39, 0.29) is 13.0 Å². The molecular formula is C26H35FN4O4. The van der Waals surface area contributed by atoms with Crippen molar-refractivity contribution in [3.05, 3.63) is 53.0 Å². The lowest BCUT2D eigenvalue weighted by atomic mass is 10.0. The highest BCUT2D eigenvalue weighted by atomic mass is 19.1. The minimum Gasteiger partial charge on any atom is -0.505 e. The molecule has 1 aromatic heterocycles. The summed E-state index contributed by atoms with van der Waals surface area (Å²) in [5, 5.41) is 12.9. The van der Waals surface area contributed by atoms with E-state index in [9.17, 15) is 19.1 Å². The van der Waals surface area contributed by atoms with Gasteiger partial charge in [-0.3, -0.25) is 9.59 Å². The van der Waals surface area contributed by atoms with Crippen molar-refractivity contribution >= 4 is 18.2 Å². The fourth-order valence-electron chi connectivity index (χ4n) is 4.25. The molecule has 8 nitrogen and oxygen atoms in total. The molecule has 0 fully saturated rings. The van der Waals surface area contributed by atoms with Gasteiger partial charge in [-0.05, 0) is 75.5 Å². The summed E-state index contributed by atoms with van der Waals surface area (Å²) in [6.45, 7) is 4.64. The van der Waals surface area contributed by atoms with Gasteiger partial charge in [-0.15, -0.1) is 0 Å². The number of nitrogens with one attached hydrogen (secondary N) is 1. The molecule has 3 rings (SSSR count). The molecule has 1 amide bonds. The predicted octanol–water partition coefficient (Wildman–Crippen LogP) is 3.30. The lowest BCUT2D eigenvalue weighted by Crippen LogP contribution is -2.36. The number of nitrogens with zero attached hydrogens (tertiary/aromatic N) is 3. The smallest absolute Gasteiger partial charge is 0.308 e. The molecule has 2 heterocycles. The third-order valence-corrected chi connectivity index (χ3v) is 6.22. The van der Waals surface area contributed by atoms with Crippen LogP contribution in [-0.2, 0) is 27.2 Å². The topological polar surface area (TPSA) is 95.0 Å². The van der Waals surface area contributed by atoms with E-state index in [1.807, 2.05) is 7.05 Å². The second kappa shape index (κ2) is 13.0. The van der Waals surface area contributed by atoms with E-state index in [1.165, 1.54) is 22.6 Å². The van der Waals surface area contributed by atoms with Crippen molar-refractivity contribution in [3.8, 4) is 5.75 Å². The Morgan fingerprint density at radius 3 is 2.86 bits per heavy atom. The number of benzene rings is 1. The van der Waals surface area contributed by atoms with Crippen molar-refractivity contribution in [3.63, 3.8) is 0 Å². The number of ether oxygens (including phenoxy) is 1. The number of carbonyl (C=O) groups is 2. The average Bonchev–Trinajstić information content (AvgIpc) is 2.85. The van der Waals surface area contributed by atoms with Crippen LogP contribution in [0.2, 0.25) is 0 Å². The molecule has 0 spiro atoms. The number of phenolic OH excluding ortho intramolecular Hbond substituents is 1. The summed E-state index contributed by atoms with van der Waals surface area (Å²) >= 11 is 0. The first-order valence-corrected chi connectivity index (χ1v) is 12.2. The monoisotopic (exact) mass is 486 g/mol. The van der Waals surface area contributed by atoms with Gasteiger partial charge in [0.1, 0.15) is 5.82 Å².